The summed E-state index contributed by atoms with van der Waals surface area (Å²) in [5.41, 5.74) is 0.805. The van der Waals surface area contributed by atoms with Crippen LogP contribution in [0, 0.1) is 0 Å². The molecule has 0 aliphatic rings. The van der Waals surface area contributed by atoms with Crippen LogP contribution in [0.15, 0.2) is 53.1 Å². The van der Waals surface area contributed by atoms with Crippen molar-refractivity contribution in [2.45, 2.75) is 0 Å². The number of ether oxygens (including phenoxy) is 3. The second kappa shape index (κ2) is 8.50. The van der Waals surface area contributed by atoms with Crippen LogP contribution in [-0.2, 0) is 10.1 Å². The first-order valence-electron chi connectivity index (χ1n) is 8.69. The van der Waals surface area contributed by atoms with Crippen molar-refractivity contribution < 1.29 is 36.0 Å². The minimum absolute atomic E-state index is 0.0311. The average molecular weight is 432 g/mol. The molecule has 0 bridgehead atoms. The van der Waals surface area contributed by atoms with Crippen molar-refractivity contribution in [3.63, 3.8) is 0 Å². The molecule has 0 N–H and O–H groups in total. The molecule has 1 aromatic heterocycles. The maximum absolute atomic E-state index is 13.4. The number of rotatable bonds is 8. The van der Waals surface area contributed by atoms with Crippen LogP contribution in [0.5, 0.6) is 23.0 Å². The Labute approximate surface area is 174 Å². The number of hydrogen-bond donors (Lipinski definition) is 0. The molecule has 0 saturated heterocycles. The van der Waals surface area contributed by atoms with Crippen molar-refractivity contribution in [1.29, 1.82) is 0 Å². The molecule has 0 amide bonds. The summed E-state index contributed by atoms with van der Waals surface area (Å²) in [6.45, 7) is 0. The summed E-state index contributed by atoms with van der Waals surface area (Å²) in [7, 11) is 0.451. The smallest absolute Gasteiger partial charge is 0.306 e. The lowest BCUT2D eigenvalue weighted by atomic mass is 9.99. The van der Waals surface area contributed by atoms with E-state index < -0.39 is 15.9 Å². The first kappa shape index (κ1) is 21.3. The Kier molecular flexibility index (Phi) is 6.02. The summed E-state index contributed by atoms with van der Waals surface area (Å²) in [4.78, 5) is 13.4. The van der Waals surface area contributed by atoms with E-state index in [1.807, 2.05) is 0 Å². The van der Waals surface area contributed by atoms with Crippen molar-refractivity contribution in [3.8, 4) is 34.3 Å². The summed E-state index contributed by atoms with van der Waals surface area (Å²) in [6.07, 6.45) is 2.40. The second-order valence-electron chi connectivity index (χ2n) is 6.22. The third kappa shape index (κ3) is 4.41. The third-order valence-corrected chi connectivity index (χ3v) is 4.68. The molecule has 0 atom stereocenters. The van der Waals surface area contributed by atoms with Gasteiger partial charge in [-0.3, -0.25) is 4.79 Å². The largest absolute Gasteiger partial charge is 0.493 e. The van der Waals surface area contributed by atoms with Gasteiger partial charge in [-0.1, -0.05) is 0 Å². The predicted molar refractivity (Wildman–Crippen MR) is 109 cm³/mol. The molecule has 0 saturated carbocycles. The molecule has 1 heterocycles. The first-order chi connectivity index (χ1) is 14.3. The Hall–Kier alpha value is -3.46. The normalized spacial score (nSPS) is 11.1. The van der Waals surface area contributed by atoms with E-state index in [0.29, 0.717) is 17.1 Å². The van der Waals surface area contributed by atoms with Gasteiger partial charge in [-0.2, -0.15) is 8.42 Å². The zero-order valence-electron chi connectivity index (χ0n) is 16.8. The lowest BCUT2D eigenvalue weighted by molar-refractivity contribution is 0.103. The third-order valence-electron chi connectivity index (χ3n) is 4.20. The van der Waals surface area contributed by atoms with Crippen LogP contribution >= 0.6 is 0 Å². The summed E-state index contributed by atoms with van der Waals surface area (Å²) >= 11 is 0. The number of methoxy groups -OCH3 is 3. The molecular weight excluding hydrogens is 412 g/mol. The highest BCUT2D eigenvalue weighted by molar-refractivity contribution is 7.86. The van der Waals surface area contributed by atoms with E-state index in [9.17, 15) is 13.2 Å². The molecule has 0 radical (unpaired) electrons. The molecule has 0 unspecified atom stereocenters. The molecule has 2 aromatic carbocycles. The van der Waals surface area contributed by atoms with Crippen molar-refractivity contribution in [1.82, 2.24) is 0 Å². The zero-order valence-corrected chi connectivity index (χ0v) is 17.6. The van der Waals surface area contributed by atoms with Crippen molar-refractivity contribution in [2.75, 3.05) is 27.6 Å². The lowest BCUT2D eigenvalue weighted by Gasteiger charge is -2.15. The van der Waals surface area contributed by atoms with E-state index in [-0.39, 0.29) is 28.4 Å². The van der Waals surface area contributed by atoms with Crippen LogP contribution in [0.3, 0.4) is 0 Å². The molecule has 0 spiro atoms. The summed E-state index contributed by atoms with van der Waals surface area (Å²) in [5, 5.41) is 0. The van der Waals surface area contributed by atoms with Gasteiger partial charge in [-0.25, -0.2) is 0 Å². The molecular formula is C21H20O8S. The van der Waals surface area contributed by atoms with E-state index in [2.05, 4.69) is 0 Å². The van der Waals surface area contributed by atoms with Gasteiger partial charge in [-0.05, 0) is 42.5 Å². The summed E-state index contributed by atoms with van der Waals surface area (Å²) in [5.74, 6) is 0.808. The van der Waals surface area contributed by atoms with Crippen molar-refractivity contribution >= 4 is 15.9 Å². The molecule has 30 heavy (non-hydrogen) atoms. The zero-order chi connectivity index (χ0) is 21.9. The number of carbonyl (C=O) groups excluding carboxylic acids is 1. The minimum atomic E-state index is -3.86. The Bertz CT molecular complexity index is 1140. The Morgan fingerprint density at radius 2 is 1.57 bits per heavy atom. The van der Waals surface area contributed by atoms with Crippen LogP contribution in [-0.4, -0.2) is 41.8 Å². The molecule has 0 aliphatic carbocycles. The Balaban J connectivity index is 2.17. The molecule has 0 fully saturated rings. The van der Waals surface area contributed by atoms with Crippen LogP contribution in [0.25, 0.3) is 11.3 Å². The molecule has 158 valence electrons. The second-order valence-corrected chi connectivity index (χ2v) is 7.79. The fourth-order valence-corrected chi connectivity index (χ4v) is 3.38. The highest BCUT2D eigenvalue weighted by atomic mass is 32.2. The molecule has 3 aromatic rings. The minimum Gasteiger partial charge on any atom is -0.493 e. The monoisotopic (exact) mass is 432 g/mol. The highest BCUT2D eigenvalue weighted by Crippen LogP contribution is 2.39. The molecule has 8 nitrogen and oxygen atoms in total. The van der Waals surface area contributed by atoms with Crippen LogP contribution < -0.4 is 18.4 Å². The van der Waals surface area contributed by atoms with Gasteiger partial charge in [0, 0.05) is 11.1 Å². The first-order valence-corrected chi connectivity index (χ1v) is 10.5. The van der Waals surface area contributed by atoms with Gasteiger partial charge in [0.2, 0.25) is 5.75 Å². The van der Waals surface area contributed by atoms with Gasteiger partial charge in [0.15, 0.2) is 23.0 Å². The maximum Gasteiger partial charge on any atom is 0.306 e. The Morgan fingerprint density at radius 1 is 0.900 bits per heavy atom. The summed E-state index contributed by atoms with van der Waals surface area (Å²) < 4.78 is 49.7. The van der Waals surface area contributed by atoms with Gasteiger partial charge in [0.05, 0.1) is 39.4 Å². The van der Waals surface area contributed by atoms with Crippen LogP contribution in [0.4, 0.5) is 0 Å². The van der Waals surface area contributed by atoms with E-state index >= 15 is 0 Å². The fraction of sp³-hybridized carbons (Fsp3) is 0.190. The topological polar surface area (TPSA) is 101 Å². The van der Waals surface area contributed by atoms with E-state index in [1.165, 1.54) is 51.9 Å². The summed E-state index contributed by atoms with van der Waals surface area (Å²) in [6, 6.07) is 10.9. The standard InChI is InChI=1S/C21H20O8S/c1-25-18-11-14(12-19(26-2)21(18)27-3)20(22)15-10-13(16-6-5-9-28-16)7-8-17(15)29-30(4,23)24/h5-12H,1-4H3. The van der Waals surface area contributed by atoms with Gasteiger partial charge in [-0.15, -0.1) is 0 Å². The van der Waals surface area contributed by atoms with E-state index in [0.717, 1.165) is 6.26 Å². The fourth-order valence-electron chi connectivity index (χ4n) is 2.91. The van der Waals surface area contributed by atoms with Gasteiger partial charge >= 0.3 is 10.1 Å². The number of ketones is 1. The van der Waals surface area contributed by atoms with E-state index in [4.69, 9.17) is 22.8 Å². The quantitative estimate of drug-likeness (QED) is 0.393. The van der Waals surface area contributed by atoms with Gasteiger partial charge in [0.1, 0.15) is 5.76 Å². The number of hydrogen-bond acceptors (Lipinski definition) is 8. The van der Waals surface area contributed by atoms with Crippen LogP contribution in [0.1, 0.15) is 15.9 Å². The van der Waals surface area contributed by atoms with Crippen LogP contribution in [0.2, 0.25) is 0 Å². The van der Waals surface area contributed by atoms with Crippen molar-refractivity contribution in [2.24, 2.45) is 0 Å². The van der Waals surface area contributed by atoms with Gasteiger partial charge in [0.25, 0.3) is 0 Å². The molecule has 0 aliphatic heterocycles. The highest BCUT2D eigenvalue weighted by Gasteiger charge is 2.23. The Morgan fingerprint density at radius 3 is 2.07 bits per heavy atom. The van der Waals surface area contributed by atoms with E-state index in [1.54, 1.807) is 18.2 Å². The molecule has 9 heteroatoms. The maximum atomic E-state index is 13.4. The van der Waals surface area contributed by atoms with Gasteiger partial charge < -0.3 is 22.8 Å². The number of carbonyl (C=O) groups is 1. The average Bonchev–Trinajstić information content (AvgIpc) is 3.26. The number of benzene rings is 2. The number of furan rings is 1. The predicted octanol–water partition coefficient (Wildman–Crippen LogP) is 3.54. The molecule has 3 rings (SSSR count). The lowest BCUT2D eigenvalue weighted by Crippen LogP contribution is -2.11. The SMILES string of the molecule is COc1cc(C(=O)c2cc(-c3ccco3)ccc2OS(C)(=O)=O)cc(OC)c1OC. The van der Waals surface area contributed by atoms with Crippen molar-refractivity contribution in [3.05, 3.63) is 59.9 Å².